The topological polar surface area (TPSA) is 39.7 Å². The minimum absolute atomic E-state index is 0.190. The molecule has 5 nitrogen and oxygen atoms in total. The highest BCUT2D eigenvalue weighted by atomic mass is 16.2. The first-order valence-electron chi connectivity index (χ1n) is 11.8. The van der Waals surface area contributed by atoms with Crippen LogP contribution in [0.1, 0.15) is 24.0 Å². The Morgan fingerprint density at radius 1 is 0.750 bits per heavy atom. The summed E-state index contributed by atoms with van der Waals surface area (Å²) in [5.74, 6) is 0.564. The second kappa shape index (κ2) is 9.80. The Morgan fingerprint density at radius 2 is 1.41 bits per heavy atom. The van der Waals surface area contributed by atoms with Crippen molar-refractivity contribution in [3.63, 3.8) is 0 Å². The van der Waals surface area contributed by atoms with Crippen molar-refractivity contribution in [2.75, 3.05) is 39.3 Å². The third-order valence-electron chi connectivity index (χ3n) is 7.00. The van der Waals surface area contributed by atoms with Crippen molar-refractivity contribution in [2.24, 2.45) is 5.92 Å². The molecule has 2 aliphatic heterocycles. The number of benzene rings is 2. The molecule has 0 saturated carbocycles. The molecular formula is C27H32N4O. The van der Waals surface area contributed by atoms with Gasteiger partial charge in [0.2, 0.25) is 5.91 Å². The molecule has 2 aromatic carbocycles. The molecule has 0 N–H and O–H groups in total. The number of nitrogens with zero attached hydrogens (tertiary/aromatic N) is 4. The molecule has 2 fully saturated rings. The molecule has 1 amide bonds. The van der Waals surface area contributed by atoms with E-state index in [2.05, 4.69) is 74.3 Å². The van der Waals surface area contributed by atoms with Gasteiger partial charge in [0, 0.05) is 57.6 Å². The maximum absolute atomic E-state index is 13.1. The summed E-state index contributed by atoms with van der Waals surface area (Å²) in [6, 6.07) is 19.4. The number of carbonyl (C=O) groups excluding carboxylic acids is 1. The van der Waals surface area contributed by atoms with Crippen molar-refractivity contribution in [1.82, 2.24) is 19.7 Å². The van der Waals surface area contributed by atoms with Crippen LogP contribution in [-0.4, -0.2) is 64.9 Å². The Hall–Kier alpha value is -2.76. The lowest BCUT2D eigenvalue weighted by atomic mass is 9.94. The normalized spacial score (nSPS) is 18.8. The molecule has 0 radical (unpaired) electrons. The molecule has 0 bridgehead atoms. The number of rotatable bonds is 5. The van der Waals surface area contributed by atoms with E-state index in [1.165, 1.54) is 21.9 Å². The van der Waals surface area contributed by atoms with Gasteiger partial charge in [-0.05, 0) is 66.0 Å². The van der Waals surface area contributed by atoms with Gasteiger partial charge in [-0.25, -0.2) is 0 Å². The number of likely N-dealkylation sites (tertiary alicyclic amines) is 1. The van der Waals surface area contributed by atoms with E-state index in [0.29, 0.717) is 5.91 Å². The fourth-order valence-electron chi connectivity index (χ4n) is 5.06. The van der Waals surface area contributed by atoms with E-state index in [-0.39, 0.29) is 5.92 Å². The van der Waals surface area contributed by atoms with Crippen LogP contribution < -0.4 is 0 Å². The average molecular weight is 429 g/mol. The number of hydrogen-bond acceptors (Lipinski definition) is 4. The predicted octanol–water partition coefficient (Wildman–Crippen LogP) is 3.79. The van der Waals surface area contributed by atoms with Crippen molar-refractivity contribution in [3.05, 3.63) is 78.1 Å². The summed E-state index contributed by atoms with van der Waals surface area (Å²) in [4.78, 5) is 24.3. The highest BCUT2D eigenvalue weighted by molar-refractivity contribution is 5.83. The maximum Gasteiger partial charge on any atom is 0.225 e. The highest BCUT2D eigenvalue weighted by Crippen LogP contribution is 2.23. The largest absolute Gasteiger partial charge is 0.340 e. The van der Waals surface area contributed by atoms with Gasteiger partial charge in [-0.2, -0.15) is 0 Å². The highest BCUT2D eigenvalue weighted by Gasteiger charge is 2.30. The van der Waals surface area contributed by atoms with Crippen LogP contribution in [0, 0.1) is 5.92 Å². The number of amides is 1. The van der Waals surface area contributed by atoms with E-state index >= 15 is 0 Å². The van der Waals surface area contributed by atoms with Crippen LogP contribution in [0.5, 0.6) is 0 Å². The van der Waals surface area contributed by atoms with E-state index in [1.807, 2.05) is 12.4 Å². The molecule has 166 valence electrons. The first-order chi connectivity index (χ1) is 15.7. The van der Waals surface area contributed by atoms with Crippen molar-refractivity contribution >= 4 is 16.7 Å². The SMILES string of the molecule is O=C(C1CCN(Cc2ccncc2)CC1)N1CCN(Cc2ccc3ccccc3c2)CC1. The van der Waals surface area contributed by atoms with Crippen LogP contribution >= 0.6 is 0 Å². The Morgan fingerprint density at radius 3 is 2.16 bits per heavy atom. The number of aromatic nitrogens is 1. The van der Waals surface area contributed by atoms with Gasteiger partial charge in [0.1, 0.15) is 0 Å². The number of piperazine rings is 1. The zero-order valence-corrected chi connectivity index (χ0v) is 18.7. The summed E-state index contributed by atoms with van der Waals surface area (Å²) in [6.07, 6.45) is 5.65. The van der Waals surface area contributed by atoms with Gasteiger partial charge >= 0.3 is 0 Å². The van der Waals surface area contributed by atoms with Crippen LogP contribution in [0.3, 0.4) is 0 Å². The summed E-state index contributed by atoms with van der Waals surface area (Å²) < 4.78 is 0. The molecular weight excluding hydrogens is 396 g/mol. The monoisotopic (exact) mass is 428 g/mol. The summed E-state index contributed by atoms with van der Waals surface area (Å²) >= 11 is 0. The minimum Gasteiger partial charge on any atom is -0.340 e. The van der Waals surface area contributed by atoms with Gasteiger partial charge in [0.15, 0.2) is 0 Å². The first-order valence-corrected chi connectivity index (χ1v) is 11.8. The van der Waals surface area contributed by atoms with Gasteiger partial charge in [0.05, 0.1) is 0 Å². The van der Waals surface area contributed by atoms with Gasteiger partial charge in [0.25, 0.3) is 0 Å². The van der Waals surface area contributed by atoms with Crippen LogP contribution in [0.4, 0.5) is 0 Å². The molecule has 0 spiro atoms. The Bertz CT molecular complexity index is 1040. The molecule has 3 heterocycles. The molecule has 32 heavy (non-hydrogen) atoms. The molecule has 0 aliphatic carbocycles. The summed E-state index contributed by atoms with van der Waals surface area (Å²) in [5.41, 5.74) is 2.65. The van der Waals surface area contributed by atoms with Crippen molar-refractivity contribution in [1.29, 1.82) is 0 Å². The fraction of sp³-hybridized carbons (Fsp3) is 0.407. The molecule has 0 atom stereocenters. The van der Waals surface area contributed by atoms with E-state index in [1.54, 1.807) is 0 Å². The standard InChI is InChI=1S/C27H32N4O/c32-27(25-9-13-29(14-10-25)20-22-7-11-28-12-8-22)31-17-15-30(16-18-31)21-23-5-6-24-3-1-2-4-26(24)19-23/h1-8,11-12,19,25H,9-10,13-18,20-21H2. The fourth-order valence-corrected chi connectivity index (χ4v) is 5.06. The molecule has 0 unspecified atom stereocenters. The Balaban J connectivity index is 1.08. The lowest BCUT2D eigenvalue weighted by molar-refractivity contribution is -0.139. The summed E-state index contributed by atoms with van der Waals surface area (Å²) in [7, 11) is 0. The molecule has 1 aromatic heterocycles. The predicted molar refractivity (Wildman–Crippen MR) is 128 cm³/mol. The van der Waals surface area contributed by atoms with E-state index < -0.39 is 0 Å². The van der Waals surface area contributed by atoms with Crippen molar-refractivity contribution in [2.45, 2.75) is 25.9 Å². The number of hydrogen-bond donors (Lipinski definition) is 0. The van der Waals surface area contributed by atoms with Gasteiger partial charge in [-0.1, -0.05) is 36.4 Å². The lowest BCUT2D eigenvalue weighted by Crippen LogP contribution is -2.51. The van der Waals surface area contributed by atoms with Crippen molar-refractivity contribution in [3.8, 4) is 0 Å². The van der Waals surface area contributed by atoms with Crippen LogP contribution in [-0.2, 0) is 17.9 Å². The number of pyridine rings is 1. The average Bonchev–Trinajstić information content (AvgIpc) is 2.85. The second-order valence-corrected chi connectivity index (χ2v) is 9.19. The van der Waals surface area contributed by atoms with Crippen LogP contribution in [0.15, 0.2) is 67.0 Å². The Labute approximate surface area is 190 Å². The molecule has 5 heteroatoms. The lowest BCUT2D eigenvalue weighted by Gasteiger charge is -2.38. The molecule has 2 aliphatic rings. The van der Waals surface area contributed by atoms with E-state index in [4.69, 9.17) is 0 Å². The van der Waals surface area contributed by atoms with Crippen LogP contribution in [0.2, 0.25) is 0 Å². The zero-order valence-electron chi connectivity index (χ0n) is 18.7. The third-order valence-corrected chi connectivity index (χ3v) is 7.00. The summed E-state index contributed by atoms with van der Waals surface area (Å²) in [5, 5.41) is 2.59. The minimum atomic E-state index is 0.190. The number of fused-ring (bicyclic) bond motifs is 1. The van der Waals surface area contributed by atoms with Crippen molar-refractivity contribution < 1.29 is 4.79 Å². The Kier molecular flexibility index (Phi) is 6.46. The second-order valence-electron chi connectivity index (χ2n) is 9.19. The molecule has 5 rings (SSSR count). The van der Waals surface area contributed by atoms with E-state index in [0.717, 1.165) is 65.2 Å². The molecule has 3 aromatic rings. The van der Waals surface area contributed by atoms with Gasteiger partial charge in [-0.15, -0.1) is 0 Å². The smallest absolute Gasteiger partial charge is 0.225 e. The van der Waals surface area contributed by atoms with Gasteiger partial charge < -0.3 is 4.90 Å². The number of carbonyl (C=O) groups is 1. The van der Waals surface area contributed by atoms with E-state index in [9.17, 15) is 4.79 Å². The maximum atomic E-state index is 13.1. The molecule has 2 saturated heterocycles. The van der Waals surface area contributed by atoms with Crippen LogP contribution in [0.25, 0.3) is 10.8 Å². The summed E-state index contributed by atoms with van der Waals surface area (Å²) in [6.45, 7) is 7.53. The van der Waals surface area contributed by atoms with Gasteiger partial charge in [-0.3, -0.25) is 19.6 Å². The quantitative estimate of drug-likeness (QED) is 0.620. The number of piperidine rings is 1. The first kappa shape index (κ1) is 21.1. The third kappa shape index (κ3) is 5.00. The zero-order chi connectivity index (χ0) is 21.8.